The molecular weight excluding hydrogens is 342 g/mol. The number of nitrogens with zero attached hydrogens (tertiary/aromatic N) is 4. The van der Waals surface area contributed by atoms with E-state index in [2.05, 4.69) is 14.9 Å². The molecule has 0 spiro atoms. The van der Waals surface area contributed by atoms with E-state index >= 15 is 0 Å². The molecule has 7 nitrogen and oxygen atoms in total. The van der Waals surface area contributed by atoms with Crippen molar-refractivity contribution in [3.63, 3.8) is 0 Å². The number of amides is 1. The Hall–Kier alpha value is -2.67. The summed E-state index contributed by atoms with van der Waals surface area (Å²) >= 11 is 0. The minimum Gasteiger partial charge on any atom is -0.483 e. The first kappa shape index (κ1) is 19.1. The van der Waals surface area contributed by atoms with Gasteiger partial charge in [-0.05, 0) is 44.5 Å². The maximum atomic E-state index is 12.6. The van der Waals surface area contributed by atoms with Crippen LogP contribution in [0.15, 0.2) is 30.5 Å². The zero-order valence-electron chi connectivity index (χ0n) is 16.2. The highest BCUT2D eigenvalue weighted by Gasteiger charge is 2.29. The number of hydrogen-bond donors (Lipinski definition) is 1. The van der Waals surface area contributed by atoms with Gasteiger partial charge in [-0.25, -0.2) is 9.97 Å². The number of carbonyl (C=O) groups is 1. The Balaban J connectivity index is 1.51. The van der Waals surface area contributed by atoms with E-state index in [1.165, 1.54) is 0 Å². The summed E-state index contributed by atoms with van der Waals surface area (Å²) in [5, 5.41) is 0. The Morgan fingerprint density at radius 3 is 2.78 bits per heavy atom. The van der Waals surface area contributed by atoms with Crippen molar-refractivity contribution >= 4 is 11.7 Å². The van der Waals surface area contributed by atoms with Gasteiger partial charge in [-0.15, -0.1) is 0 Å². The van der Waals surface area contributed by atoms with Gasteiger partial charge in [0.05, 0.1) is 6.54 Å². The van der Waals surface area contributed by atoms with E-state index in [-0.39, 0.29) is 18.6 Å². The molecule has 1 atom stereocenters. The summed E-state index contributed by atoms with van der Waals surface area (Å²) in [7, 11) is 2.03. The van der Waals surface area contributed by atoms with Crippen molar-refractivity contribution in [1.29, 1.82) is 0 Å². The zero-order valence-corrected chi connectivity index (χ0v) is 16.2. The lowest BCUT2D eigenvalue weighted by atomic mass is 10.1. The summed E-state index contributed by atoms with van der Waals surface area (Å²) in [6, 6.07) is 7.93. The maximum Gasteiger partial charge on any atom is 0.260 e. The molecule has 0 radical (unpaired) electrons. The van der Waals surface area contributed by atoms with E-state index in [0.29, 0.717) is 24.7 Å². The number of carbonyl (C=O) groups excluding carboxylic acids is 1. The second kappa shape index (κ2) is 8.35. The summed E-state index contributed by atoms with van der Waals surface area (Å²) in [4.78, 5) is 25.1. The first-order valence-electron chi connectivity index (χ1n) is 9.18. The molecule has 1 saturated heterocycles. The van der Waals surface area contributed by atoms with Crippen LogP contribution in [0.1, 0.15) is 23.4 Å². The van der Waals surface area contributed by atoms with Gasteiger partial charge in [-0.2, -0.15) is 0 Å². The minimum absolute atomic E-state index is 0.0220. The topological polar surface area (TPSA) is 84.6 Å². The van der Waals surface area contributed by atoms with Crippen molar-refractivity contribution in [1.82, 2.24) is 19.8 Å². The molecule has 0 saturated carbocycles. The first-order valence-corrected chi connectivity index (χ1v) is 9.18. The predicted octanol–water partition coefficient (Wildman–Crippen LogP) is 1.79. The molecule has 2 N–H and O–H groups in total. The SMILES string of the molecule is Cc1cccc(C)c1OCC(=O)N1CC[C@@H](N(C)Cc2nccc(N)n2)C1. The third-order valence-electron chi connectivity index (χ3n) is 5.01. The van der Waals surface area contributed by atoms with Crippen LogP contribution in [0.2, 0.25) is 0 Å². The van der Waals surface area contributed by atoms with Crippen molar-refractivity contribution in [2.75, 3.05) is 32.5 Å². The highest BCUT2D eigenvalue weighted by molar-refractivity contribution is 5.78. The van der Waals surface area contributed by atoms with Crippen LogP contribution in [0.4, 0.5) is 5.82 Å². The number of aromatic nitrogens is 2. The molecule has 2 heterocycles. The van der Waals surface area contributed by atoms with E-state index in [4.69, 9.17) is 10.5 Å². The molecule has 1 aliphatic heterocycles. The quantitative estimate of drug-likeness (QED) is 0.836. The average Bonchev–Trinajstić information content (AvgIpc) is 3.11. The van der Waals surface area contributed by atoms with Gasteiger partial charge in [0.2, 0.25) is 0 Å². The number of hydrogen-bond acceptors (Lipinski definition) is 6. The Morgan fingerprint density at radius 2 is 2.07 bits per heavy atom. The minimum atomic E-state index is 0.0220. The third kappa shape index (κ3) is 4.74. The number of para-hydroxylation sites is 1. The van der Waals surface area contributed by atoms with E-state index < -0.39 is 0 Å². The van der Waals surface area contributed by atoms with Crippen LogP contribution >= 0.6 is 0 Å². The molecule has 0 aliphatic carbocycles. The fourth-order valence-corrected chi connectivity index (χ4v) is 3.42. The molecule has 7 heteroatoms. The summed E-state index contributed by atoms with van der Waals surface area (Å²) in [6.45, 7) is 6.09. The molecule has 1 aliphatic rings. The van der Waals surface area contributed by atoms with Crippen LogP contribution in [-0.4, -0.2) is 58.5 Å². The number of nitrogens with two attached hydrogens (primary N) is 1. The van der Waals surface area contributed by atoms with E-state index in [9.17, 15) is 4.79 Å². The summed E-state index contributed by atoms with van der Waals surface area (Å²) in [5.74, 6) is 1.99. The van der Waals surface area contributed by atoms with Crippen molar-refractivity contribution in [2.24, 2.45) is 0 Å². The predicted molar refractivity (Wildman–Crippen MR) is 104 cm³/mol. The number of likely N-dealkylation sites (N-methyl/N-ethyl adjacent to an activating group) is 1. The average molecular weight is 369 g/mol. The van der Waals surface area contributed by atoms with E-state index in [0.717, 1.165) is 29.8 Å². The molecule has 2 aromatic rings. The lowest BCUT2D eigenvalue weighted by molar-refractivity contribution is -0.132. The lowest BCUT2D eigenvalue weighted by Gasteiger charge is -2.24. The Kier molecular flexibility index (Phi) is 5.91. The molecule has 1 aromatic carbocycles. The Bertz CT molecular complexity index is 790. The van der Waals surface area contributed by atoms with Gasteiger partial charge in [0.15, 0.2) is 6.61 Å². The van der Waals surface area contributed by atoms with Gasteiger partial charge in [0.1, 0.15) is 17.4 Å². The zero-order chi connectivity index (χ0) is 19.4. The molecule has 0 bridgehead atoms. The van der Waals surface area contributed by atoms with Crippen LogP contribution in [0.25, 0.3) is 0 Å². The number of rotatable bonds is 6. The van der Waals surface area contributed by atoms with Gasteiger partial charge in [-0.1, -0.05) is 18.2 Å². The summed E-state index contributed by atoms with van der Waals surface area (Å²) in [5.41, 5.74) is 7.81. The van der Waals surface area contributed by atoms with E-state index in [1.807, 2.05) is 44.0 Å². The van der Waals surface area contributed by atoms with Gasteiger partial charge >= 0.3 is 0 Å². The largest absolute Gasteiger partial charge is 0.483 e. The molecule has 144 valence electrons. The Labute approximate surface area is 160 Å². The van der Waals surface area contributed by atoms with Crippen LogP contribution in [0, 0.1) is 13.8 Å². The smallest absolute Gasteiger partial charge is 0.260 e. The second-order valence-electron chi connectivity index (χ2n) is 7.10. The van der Waals surface area contributed by atoms with E-state index in [1.54, 1.807) is 12.3 Å². The summed E-state index contributed by atoms with van der Waals surface area (Å²) < 4.78 is 5.81. The first-order chi connectivity index (χ1) is 12.9. The van der Waals surface area contributed by atoms with Gasteiger partial charge in [0, 0.05) is 25.3 Å². The van der Waals surface area contributed by atoms with Crippen LogP contribution in [0.3, 0.4) is 0 Å². The van der Waals surface area contributed by atoms with Crippen LogP contribution in [-0.2, 0) is 11.3 Å². The maximum absolute atomic E-state index is 12.6. The van der Waals surface area contributed by atoms with Gasteiger partial charge in [-0.3, -0.25) is 9.69 Å². The number of anilines is 1. The fraction of sp³-hybridized carbons (Fsp3) is 0.450. The summed E-state index contributed by atoms with van der Waals surface area (Å²) in [6.07, 6.45) is 2.59. The number of benzene rings is 1. The van der Waals surface area contributed by atoms with Crippen molar-refractivity contribution in [2.45, 2.75) is 32.9 Å². The number of nitrogen functional groups attached to an aromatic ring is 1. The van der Waals surface area contributed by atoms with Crippen molar-refractivity contribution < 1.29 is 9.53 Å². The molecule has 1 fully saturated rings. The molecule has 1 amide bonds. The van der Waals surface area contributed by atoms with Crippen molar-refractivity contribution in [3.05, 3.63) is 47.4 Å². The highest BCUT2D eigenvalue weighted by Crippen LogP contribution is 2.23. The number of likely N-dealkylation sites (tertiary alicyclic amines) is 1. The van der Waals surface area contributed by atoms with Gasteiger partial charge < -0.3 is 15.4 Å². The fourth-order valence-electron chi connectivity index (χ4n) is 3.42. The standard InChI is InChI=1S/C20H27N5O2/c1-14-5-4-6-15(2)20(14)27-13-19(26)25-10-8-16(11-25)24(3)12-18-22-9-7-17(21)23-18/h4-7,9,16H,8,10-13H2,1-3H3,(H2,21,22,23)/t16-/m1/s1. The molecule has 27 heavy (non-hydrogen) atoms. The molecule has 0 unspecified atom stereocenters. The third-order valence-corrected chi connectivity index (χ3v) is 5.01. The van der Waals surface area contributed by atoms with Crippen LogP contribution < -0.4 is 10.5 Å². The molecule has 1 aromatic heterocycles. The van der Waals surface area contributed by atoms with Crippen molar-refractivity contribution in [3.8, 4) is 5.75 Å². The number of ether oxygens (including phenoxy) is 1. The van der Waals surface area contributed by atoms with Crippen LogP contribution in [0.5, 0.6) is 5.75 Å². The Morgan fingerprint density at radius 1 is 1.33 bits per heavy atom. The normalized spacial score (nSPS) is 16.7. The second-order valence-corrected chi connectivity index (χ2v) is 7.10. The highest BCUT2D eigenvalue weighted by atomic mass is 16.5. The van der Waals surface area contributed by atoms with Gasteiger partial charge in [0.25, 0.3) is 5.91 Å². The number of aryl methyl sites for hydroxylation is 2. The molecular formula is C20H27N5O2. The lowest BCUT2D eigenvalue weighted by Crippen LogP contribution is -2.38. The monoisotopic (exact) mass is 369 g/mol. The molecule has 3 rings (SSSR count).